The van der Waals surface area contributed by atoms with Crippen LogP contribution in [0.3, 0.4) is 0 Å². The molecule has 1 aromatic carbocycles. The second-order valence-corrected chi connectivity index (χ2v) is 3.11. The van der Waals surface area contributed by atoms with Crippen molar-refractivity contribution >= 4 is 11.7 Å². The molecule has 0 aromatic heterocycles. The fraction of sp³-hybridized carbons (Fsp3) is 0.200. The second-order valence-electron chi connectivity index (χ2n) is 3.11. The molecular formula is C10H12FN3O2. The van der Waals surface area contributed by atoms with Crippen molar-refractivity contribution in [2.24, 2.45) is 10.9 Å². The molecule has 86 valence electrons. The summed E-state index contributed by atoms with van der Waals surface area (Å²) in [7, 11) is 0. The summed E-state index contributed by atoms with van der Waals surface area (Å²) >= 11 is 0. The summed E-state index contributed by atoms with van der Waals surface area (Å²) in [5.41, 5.74) is 5.45. The van der Waals surface area contributed by atoms with Gasteiger partial charge in [0.1, 0.15) is 11.7 Å². The molecule has 4 N–H and O–H groups in total. The number of hydrogen-bond acceptors (Lipinski definition) is 3. The van der Waals surface area contributed by atoms with Crippen LogP contribution in [0.4, 0.5) is 4.39 Å². The van der Waals surface area contributed by atoms with Gasteiger partial charge >= 0.3 is 0 Å². The SMILES string of the molecule is NC(CCNC(=O)c1cccc(F)c1)=NO. The van der Waals surface area contributed by atoms with Crippen LogP contribution >= 0.6 is 0 Å². The van der Waals surface area contributed by atoms with Gasteiger partial charge in [-0.15, -0.1) is 0 Å². The number of nitrogens with two attached hydrogens (primary N) is 1. The van der Waals surface area contributed by atoms with Crippen molar-refractivity contribution in [2.75, 3.05) is 6.54 Å². The van der Waals surface area contributed by atoms with E-state index in [2.05, 4.69) is 10.5 Å². The number of amidine groups is 1. The highest BCUT2D eigenvalue weighted by Crippen LogP contribution is 2.02. The van der Waals surface area contributed by atoms with Gasteiger partial charge in [0, 0.05) is 18.5 Å². The number of rotatable bonds is 4. The lowest BCUT2D eigenvalue weighted by Gasteiger charge is -2.04. The van der Waals surface area contributed by atoms with Gasteiger partial charge < -0.3 is 16.3 Å². The zero-order chi connectivity index (χ0) is 12.0. The molecule has 0 radical (unpaired) electrons. The lowest BCUT2D eigenvalue weighted by Crippen LogP contribution is -2.28. The third kappa shape index (κ3) is 3.56. The Kier molecular flexibility index (Phi) is 4.26. The molecule has 0 saturated carbocycles. The molecule has 0 bridgehead atoms. The van der Waals surface area contributed by atoms with E-state index in [0.29, 0.717) is 0 Å². The van der Waals surface area contributed by atoms with Crippen molar-refractivity contribution in [1.82, 2.24) is 5.32 Å². The molecule has 0 unspecified atom stereocenters. The molecule has 0 heterocycles. The molecule has 1 amide bonds. The standard InChI is InChI=1S/C10H12FN3O2/c11-8-3-1-2-7(6-8)10(15)13-5-4-9(12)14-16/h1-3,6,16H,4-5H2,(H2,12,14)(H,13,15). The highest BCUT2D eigenvalue weighted by atomic mass is 19.1. The number of benzene rings is 1. The summed E-state index contributed by atoms with van der Waals surface area (Å²) in [6.07, 6.45) is 0.234. The number of nitrogens with zero attached hydrogens (tertiary/aromatic N) is 1. The Balaban J connectivity index is 2.47. The summed E-state index contributed by atoms with van der Waals surface area (Å²) < 4.78 is 12.8. The number of nitrogens with one attached hydrogen (secondary N) is 1. The van der Waals surface area contributed by atoms with Crippen molar-refractivity contribution in [1.29, 1.82) is 0 Å². The fourth-order valence-electron chi connectivity index (χ4n) is 1.09. The van der Waals surface area contributed by atoms with Gasteiger partial charge in [0.15, 0.2) is 0 Å². The number of carbonyl (C=O) groups excluding carboxylic acids is 1. The molecule has 16 heavy (non-hydrogen) atoms. The number of amides is 1. The molecule has 6 heteroatoms. The minimum atomic E-state index is -0.468. The average Bonchev–Trinajstić information content (AvgIpc) is 2.28. The molecule has 5 nitrogen and oxygen atoms in total. The topological polar surface area (TPSA) is 87.7 Å². The highest BCUT2D eigenvalue weighted by molar-refractivity contribution is 5.94. The molecular weight excluding hydrogens is 213 g/mol. The average molecular weight is 225 g/mol. The van der Waals surface area contributed by atoms with Crippen molar-refractivity contribution in [3.8, 4) is 0 Å². The number of halogens is 1. The molecule has 0 aliphatic carbocycles. The van der Waals surface area contributed by atoms with E-state index in [1.54, 1.807) is 0 Å². The predicted molar refractivity (Wildman–Crippen MR) is 56.8 cm³/mol. The summed E-state index contributed by atoms with van der Waals surface area (Å²) in [5.74, 6) is -0.839. The first kappa shape index (κ1) is 12.0. The summed E-state index contributed by atoms with van der Waals surface area (Å²) in [6.45, 7) is 0.227. The third-order valence-electron chi connectivity index (χ3n) is 1.88. The Morgan fingerprint density at radius 2 is 2.31 bits per heavy atom. The van der Waals surface area contributed by atoms with E-state index in [4.69, 9.17) is 10.9 Å². The van der Waals surface area contributed by atoms with Crippen LogP contribution in [-0.2, 0) is 0 Å². The zero-order valence-corrected chi connectivity index (χ0v) is 8.48. The molecule has 0 saturated heterocycles. The Morgan fingerprint density at radius 1 is 1.56 bits per heavy atom. The number of oxime groups is 1. The van der Waals surface area contributed by atoms with Gasteiger partial charge in [-0.1, -0.05) is 11.2 Å². The fourth-order valence-corrected chi connectivity index (χ4v) is 1.09. The van der Waals surface area contributed by atoms with E-state index in [1.807, 2.05) is 0 Å². The van der Waals surface area contributed by atoms with Gasteiger partial charge in [0.05, 0.1) is 0 Å². The van der Waals surface area contributed by atoms with Crippen molar-refractivity contribution in [2.45, 2.75) is 6.42 Å². The molecule has 0 fully saturated rings. The molecule has 0 aliphatic heterocycles. The second kappa shape index (κ2) is 5.69. The Bertz CT molecular complexity index is 407. The van der Waals surface area contributed by atoms with Crippen LogP contribution in [-0.4, -0.2) is 23.5 Å². The van der Waals surface area contributed by atoms with E-state index < -0.39 is 11.7 Å². The third-order valence-corrected chi connectivity index (χ3v) is 1.88. The van der Waals surface area contributed by atoms with Crippen molar-refractivity contribution < 1.29 is 14.4 Å². The Labute approximate surface area is 91.8 Å². The molecule has 1 aromatic rings. The minimum Gasteiger partial charge on any atom is -0.409 e. The lowest BCUT2D eigenvalue weighted by atomic mass is 10.2. The van der Waals surface area contributed by atoms with E-state index in [1.165, 1.54) is 18.2 Å². The monoisotopic (exact) mass is 225 g/mol. The quantitative estimate of drug-likeness (QED) is 0.305. The van der Waals surface area contributed by atoms with E-state index in [-0.39, 0.29) is 24.4 Å². The molecule has 0 spiro atoms. The van der Waals surface area contributed by atoms with Gasteiger partial charge in [-0.25, -0.2) is 4.39 Å². The van der Waals surface area contributed by atoms with Crippen molar-refractivity contribution in [3.05, 3.63) is 35.6 Å². The van der Waals surface area contributed by atoms with E-state index in [9.17, 15) is 9.18 Å². The Morgan fingerprint density at radius 3 is 2.94 bits per heavy atom. The number of carbonyl (C=O) groups is 1. The summed E-state index contributed by atoms with van der Waals surface area (Å²) in [5, 5.41) is 13.5. The Hall–Kier alpha value is -2.11. The van der Waals surface area contributed by atoms with Crippen LogP contribution in [0.1, 0.15) is 16.8 Å². The molecule has 0 aliphatic rings. The maximum atomic E-state index is 12.8. The van der Waals surface area contributed by atoms with Crippen LogP contribution < -0.4 is 11.1 Å². The normalized spacial score (nSPS) is 11.2. The van der Waals surface area contributed by atoms with Gasteiger partial charge in [-0.3, -0.25) is 4.79 Å². The molecule has 0 atom stereocenters. The zero-order valence-electron chi connectivity index (χ0n) is 8.48. The van der Waals surface area contributed by atoms with Gasteiger partial charge in [-0.05, 0) is 18.2 Å². The van der Waals surface area contributed by atoms with Gasteiger partial charge in [-0.2, -0.15) is 0 Å². The maximum absolute atomic E-state index is 12.8. The van der Waals surface area contributed by atoms with Gasteiger partial charge in [0.2, 0.25) is 0 Å². The first-order valence-corrected chi connectivity index (χ1v) is 4.63. The van der Waals surface area contributed by atoms with Gasteiger partial charge in [0.25, 0.3) is 5.91 Å². The largest absolute Gasteiger partial charge is 0.409 e. The van der Waals surface area contributed by atoms with E-state index >= 15 is 0 Å². The van der Waals surface area contributed by atoms with Crippen molar-refractivity contribution in [3.63, 3.8) is 0 Å². The number of hydrogen-bond donors (Lipinski definition) is 3. The van der Waals surface area contributed by atoms with Crippen LogP contribution in [0.2, 0.25) is 0 Å². The highest BCUT2D eigenvalue weighted by Gasteiger charge is 2.05. The lowest BCUT2D eigenvalue weighted by molar-refractivity contribution is 0.0954. The summed E-state index contributed by atoms with van der Waals surface area (Å²) in [6, 6.07) is 5.35. The van der Waals surface area contributed by atoms with E-state index in [0.717, 1.165) is 6.07 Å². The van der Waals surface area contributed by atoms with Crippen LogP contribution in [0.5, 0.6) is 0 Å². The molecule has 1 rings (SSSR count). The first-order valence-electron chi connectivity index (χ1n) is 4.63. The summed E-state index contributed by atoms with van der Waals surface area (Å²) in [4.78, 5) is 11.4. The van der Waals surface area contributed by atoms with Crippen LogP contribution in [0, 0.1) is 5.82 Å². The smallest absolute Gasteiger partial charge is 0.251 e. The van der Waals surface area contributed by atoms with Crippen LogP contribution in [0.15, 0.2) is 29.4 Å². The predicted octanol–water partition coefficient (Wildman–Crippen LogP) is 0.692. The maximum Gasteiger partial charge on any atom is 0.251 e. The first-order chi connectivity index (χ1) is 7.63. The van der Waals surface area contributed by atoms with Crippen LogP contribution in [0.25, 0.3) is 0 Å². The minimum absolute atomic E-state index is 0.0274.